The quantitative estimate of drug-likeness (QED) is 0.813. The van der Waals surface area contributed by atoms with Crippen molar-refractivity contribution in [2.45, 2.75) is 51.1 Å². The highest BCUT2D eigenvalue weighted by atomic mass is 32.1. The highest BCUT2D eigenvalue weighted by Crippen LogP contribution is 2.23. The Labute approximate surface area is 159 Å². The van der Waals surface area contributed by atoms with Gasteiger partial charge in [-0.05, 0) is 48.6 Å². The van der Waals surface area contributed by atoms with Crippen molar-refractivity contribution in [1.82, 2.24) is 10.6 Å². The third-order valence-corrected chi connectivity index (χ3v) is 5.88. The first kappa shape index (κ1) is 18.6. The molecule has 0 spiro atoms. The number of carbonyl (C=O) groups is 2. The van der Waals surface area contributed by atoms with Crippen molar-refractivity contribution in [3.05, 3.63) is 58.3 Å². The standard InChI is InChI=1S/C21H26N2O2S/c1-15-9-11-17(12-10-15)22-20(24)18(14-16-6-3-2-4-7-16)23-21(25)19-8-5-13-26-19/h2-8,13,15,17-18H,9-12,14H2,1H3,(H,22,24)(H,23,25). The topological polar surface area (TPSA) is 58.2 Å². The fraction of sp³-hybridized carbons (Fsp3) is 0.429. The minimum absolute atomic E-state index is 0.0849. The lowest BCUT2D eigenvalue weighted by Crippen LogP contribution is -2.51. The second-order valence-electron chi connectivity index (χ2n) is 7.16. The molecule has 26 heavy (non-hydrogen) atoms. The molecule has 1 aliphatic carbocycles. The maximum Gasteiger partial charge on any atom is 0.262 e. The van der Waals surface area contributed by atoms with Crippen LogP contribution in [0.2, 0.25) is 0 Å². The van der Waals surface area contributed by atoms with E-state index in [1.165, 1.54) is 11.3 Å². The summed E-state index contributed by atoms with van der Waals surface area (Å²) >= 11 is 1.38. The molecule has 0 saturated heterocycles. The molecule has 1 aliphatic rings. The Hall–Kier alpha value is -2.14. The second kappa shape index (κ2) is 8.99. The van der Waals surface area contributed by atoms with Gasteiger partial charge >= 0.3 is 0 Å². The Bertz CT molecular complexity index is 707. The van der Waals surface area contributed by atoms with E-state index in [4.69, 9.17) is 0 Å². The minimum Gasteiger partial charge on any atom is -0.352 e. The van der Waals surface area contributed by atoms with Gasteiger partial charge in [0.05, 0.1) is 4.88 Å². The van der Waals surface area contributed by atoms with Crippen LogP contribution in [-0.2, 0) is 11.2 Å². The molecule has 3 rings (SSSR count). The number of rotatable bonds is 6. The average molecular weight is 371 g/mol. The van der Waals surface area contributed by atoms with Crippen molar-refractivity contribution in [3.63, 3.8) is 0 Å². The summed E-state index contributed by atoms with van der Waals surface area (Å²) in [5.41, 5.74) is 1.04. The number of benzene rings is 1. The summed E-state index contributed by atoms with van der Waals surface area (Å²) in [6.07, 6.45) is 4.83. The fourth-order valence-electron chi connectivity index (χ4n) is 3.40. The molecule has 1 saturated carbocycles. The van der Waals surface area contributed by atoms with Gasteiger partial charge in [-0.1, -0.05) is 43.3 Å². The lowest BCUT2D eigenvalue weighted by atomic mass is 9.87. The van der Waals surface area contributed by atoms with E-state index in [2.05, 4.69) is 17.6 Å². The number of carbonyl (C=O) groups excluding carboxylic acids is 2. The Kier molecular flexibility index (Phi) is 6.45. The van der Waals surface area contributed by atoms with Gasteiger partial charge in [0.15, 0.2) is 0 Å². The molecule has 2 aromatic rings. The molecule has 5 heteroatoms. The Morgan fingerprint density at radius 2 is 1.81 bits per heavy atom. The SMILES string of the molecule is CC1CCC(NC(=O)C(Cc2ccccc2)NC(=O)c2cccs2)CC1. The predicted octanol–water partition coefficient (Wildman–Crippen LogP) is 3.78. The van der Waals surface area contributed by atoms with Crippen molar-refractivity contribution >= 4 is 23.2 Å². The molecular weight excluding hydrogens is 344 g/mol. The number of amides is 2. The van der Waals surface area contributed by atoms with Crippen LogP contribution in [0.4, 0.5) is 0 Å². The van der Waals surface area contributed by atoms with Crippen molar-refractivity contribution in [1.29, 1.82) is 0 Å². The van der Waals surface area contributed by atoms with Gasteiger partial charge in [0.1, 0.15) is 6.04 Å². The summed E-state index contributed by atoms with van der Waals surface area (Å²) in [7, 11) is 0. The summed E-state index contributed by atoms with van der Waals surface area (Å²) in [4.78, 5) is 26.0. The molecule has 1 atom stereocenters. The molecule has 0 aliphatic heterocycles. The van der Waals surface area contributed by atoms with Gasteiger partial charge in [0.2, 0.25) is 5.91 Å². The molecular formula is C21H26N2O2S. The Morgan fingerprint density at radius 1 is 1.08 bits per heavy atom. The van der Waals surface area contributed by atoms with Gasteiger partial charge in [-0.25, -0.2) is 0 Å². The number of hydrogen-bond acceptors (Lipinski definition) is 3. The van der Waals surface area contributed by atoms with E-state index in [0.717, 1.165) is 37.2 Å². The largest absolute Gasteiger partial charge is 0.352 e. The van der Waals surface area contributed by atoms with Gasteiger partial charge in [-0.3, -0.25) is 9.59 Å². The van der Waals surface area contributed by atoms with Crippen molar-refractivity contribution in [3.8, 4) is 0 Å². The molecule has 1 aromatic carbocycles. The van der Waals surface area contributed by atoms with Gasteiger partial charge in [-0.15, -0.1) is 11.3 Å². The van der Waals surface area contributed by atoms with E-state index in [0.29, 0.717) is 11.3 Å². The van der Waals surface area contributed by atoms with Gasteiger partial charge in [0.25, 0.3) is 5.91 Å². The summed E-state index contributed by atoms with van der Waals surface area (Å²) in [5, 5.41) is 7.95. The molecule has 138 valence electrons. The summed E-state index contributed by atoms with van der Waals surface area (Å²) < 4.78 is 0. The van der Waals surface area contributed by atoms with Gasteiger partial charge in [0, 0.05) is 12.5 Å². The zero-order valence-corrected chi connectivity index (χ0v) is 15.9. The monoisotopic (exact) mass is 370 g/mol. The van der Waals surface area contributed by atoms with Crippen molar-refractivity contribution in [2.75, 3.05) is 0 Å². The summed E-state index contributed by atoms with van der Waals surface area (Å²) in [6.45, 7) is 2.26. The maximum absolute atomic E-state index is 12.9. The van der Waals surface area contributed by atoms with Crippen molar-refractivity contribution in [2.24, 2.45) is 5.92 Å². The van der Waals surface area contributed by atoms with Crippen LogP contribution in [0.1, 0.15) is 47.8 Å². The predicted molar refractivity (Wildman–Crippen MR) is 105 cm³/mol. The lowest BCUT2D eigenvalue weighted by molar-refractivity contribution is -0.123. The van der Waals surface area contributed by atoms with Crippen LogP contribution in [0.25, 0.3) is 0 Å². The summed E-state index contributed by atoms with van der Waals surface area (Å²) in [5.74, 6) is 0.466. The molecule has 1 fully saturated rings. The molecule has 0 bridgehead atoms. The molecule has 2 amide bonds. The normalized spacial score (nSPS) is 21.0. The third kappa shape index (κ3) is 5.18. The number of thiophene rings is 1. The Morgan fingerprint density at radius 3 is 2.46 bits per heavy atom. The zero-order valence-electron chi connectivity index (χ0n) is 15.1. The van der Waals surface area contributed by atoms with Crippen LogP contribution in [0.5, 0.6) is 0 Å². The number of hydrogen-bond donors (Lipinski definition) is 2. The van der Waals surface area contributed by atoms with E-state index in [9.17, 15) is 9.59 Å². The van der Waals surface area contributed by atoms with Crippen LogP contribution in [0.15, 0.2) is 47.8 Å². The molecule has 1 aromatic heterocycles. The summed E-state index contributed by atoms with van der Waals surface area (Å²) in [6, 6.07) is 13.1. The van der Waals surface area contributed by atoms with E-state index < -0.39 is 6.04 Å². The number of nitrogens with one attached hydrogen (secondary N) is 2. The zero-order chi connectivity index (χ0) is 18.4. The van der Waals surface area contributed by atoms with E-state index in [1.807, 2.05) is 41.8 Å². The van der Waals surface area contributed by atoms with Gasteiger partial charge < -0.3 is 10.6 Å². The van der Waals surface area contributed by atoms with E-state index >= 15 is 0 Å². The second-order valence-corrected chi connectivity index (χ2v) is 8.11. The van der Waals surface area contributed by atoms with Crippen LogP contribution in [0, 0.1) is 5.92 Å². The highest BCUT2D eigenvalue weighted by Gasteiger charge is 2.26. The van der Waals surface area contributed by atoms with Crippen LogP contribution in [0.3, 0.4) is 0 Å². The average Bonchev–Trinajstić information content (AvgIpc) is 3.19. The van der Waals surface area contributed by atoms with Gasteiger partial charge in [-0.2, -0.15) is 0 Å². The molecule has 1 heterocycles. The van der Waals surface area contributed by atoms with Crippen LogP contribution >= 0.6 is 11.3 Å². The van der Waals surface area contributed by atoms with E-state index in [-0.39, 0.29) is 17.9 Å². The van der Waals surface area contributed by atoms with Crippen molar-refractivity contribution < 1.29 is 9.59 Å². The van der Waals surface area contributed by atoms with E-state index in [1.54, 1.807) is 6.07 Å². The maximum atomic E-state index is 12.9. The molecule has 1 unspecified atom stereocenters. The molecule has 0 radical (unpaired) electrons. The lowest BCUT2D eigenvalue weighted by Gasteiger charge is -2.28. The first-order valence-corrected chi connectivity index (χ1v) is 10.2. The van der Waals surface area contributed by atoms with Crippen LogP contribution < -0.4 is 10.6 Å². The highest BCUT2D eigenvalue weighted by molar-refractivity contribution is 7.12. The smallest absolute Gasteiger partial charge is 0.262 e. The van der Waals surface area contributed by atoms with Crippen LogP contribution in [-0.4, -0.2) is 23.9 Å². The first-order chi connectivity index (χ1) is 12.6. The first-order valence-electron chi connectivity index (χ1n) is 9.30. The third-order valence-electron chi connectivity index (χ3n) is 5.01. The fourth-order valence-corrected chi connectivity index (χ4v) is 4.03. The minimum atomic E-state index is -0.564. The molecule has 4 nitrogen and oxygen atoms in total. The molecule has 2 N–H and O–H groups in total. The Balaban J connectivity index is 1.67.